The number of methoxy groups -OCH3 is 2. The van der Waals surface area contributed by atoms with Crippen molar-refractivity contribution in [3.8, 4) is 0 Å². The minimum absolute atomic E-state index is 0.121. The van der Waals surface area contributed by atoms with Gasteiger partial charge in [-0.3, -0.25) is 4.99 Å². The fourth-order valence-corrected chi connectivity index (χ4v) is 2.44. The minimum Gasteiger partial charge on any atom is -0.497 e. The van der Waals surface area contributed by atoms with Crippen molar-refractivity contribution in [1.29, 1.82) is 0 Å². The van der Waals surface area contributed by atoms with Gasteiger partial charge in [-0.15, -0.1) is 0 Å². The molecule has 2 aliphatic carbocycles. The van der Waals surface area contributed by atoms with E-state index in [1.54, 1.807) is 14.2 Å². The number of allylic oxidation sites excluding steroid dienone is 6. The van der Waals surface area contributed by atoms with Crippen LogP contribution in [0.2, 0.25) is 0 Å². The number of ether oxygens (including phenoxy) is 3. The van der Waals surface area contributed by atoms with E-state index in [0.29, 0.717) is 13.0 Å². The molecule has 0 saturated carbocycles. The van der Waals surface area contributed by atoms with Crippen LogP contribution >= 0.6 is 0 Å². The van der Waals surface area contributed by atoms with Crippen molar-refractivity contribution in [3.05, 3.63) is 59.6 Å². The molecule has 0 spiro atoms. The van der Waals surface area contributed by atoms with E-state index in [9.17, 15) is 5.11 Å². The lowest BCUT2D eigenvalue weighted by Gasteiger charge is -2.12. The van der Waals surface area contributed by atoms with E-state index in [1.807, 2.05) is 42.7 Å². The van der Waals surface area contributed by atoms with Crippen molar-refractivity contribution in [2.75, 3.05) is 27.4 Å². The van der Waals surface area contributed by atoms with E-state index in [-0.39, 0.29) is 12.7 Å². The molecule has 25 heavy (non-hydrogen) atoms. The van der Waals surface area contributed by atoms with Gasteiger partial charge in [0.15, 0.2) is 0 Å². The first-order valence-electron chi connectivity index (χ1n) is 8.54. The van der Waals surface area contributed by atoms with Crippen LogP contribution in [0.25, 0.3) is 0 Å². The van der Waals surface area contributed by atoms with Crippen LogP contribution in [0.15, 0.2) is 64.6 Å². The molecule has 2 atom stereocenters. The Morgan fingerprint density at radius 2 is 2.08 bits per heavy atom. The summed E-state index contributed by atoms with van der Waals surface area (Å²) in [4.78, 5) is 4.29. The predicted octanol–water partition coefficient (Wildman–Crippen LogP) is 3.10. The molecule has 136 valence electrons. The molecule has 0 fully saturated rings. The van der Waals surface area contributed by atoms with Gasteiger partial charge in [-0.2, -0.15) is 0 Å². The Balaban J connectivity index is 1.73. The lowest BCUT2D eigenvalue weighted by Crippen LogP contribution is -2.18. The van der Waals surface area contributed by atoms with E-state index in [0.717, 1.165) is 29.9 Å². The van der Waals surface area contributed by atoms with Crippen LogP contribution in [0.5, 0.6) is 0 Å². The summed E-state index contributed by atoms with van der Waals surface area (Å²) in [6.07, 6.45) is 17.7. The van der Waals surface area contributed by atoms with E-state index in [2.05, 4.69) is 11.1 Å². The van der Waals surface area contributed by atoms with Gasteiger partial charge in [0.05, 0.1) is 19.8 Å². The van der Waals surface area contributed by atoms with Gasteiger partial charge in [-0.1, -0.05) is 12.2 Å². The van der Waals surface area contributed by atoms with Gasteiger partial charge < -0.3 is 19.3 Å². The van der Waals surface area contributed by atoms with Gasteiger partial charge in [0.25, 0.3) is 0 Å². The van der Waals surface area contributed by atoms with Crippen molar-refractivity contribution in [1.82, 2.24) is 0 Å². The third-order valence-corrected chi connectivity index (χ3v) is 3.85. The topological polar surface area (TPSA) is 60.3 Å². The van der Waals surface area contributed by atoms with Crippen LogP contribution in [0, 0.1) is 0 Å². The van der Waals surface area contributed by atoms with Gasteiger partial charge in [0.1, 0.15) is 24.2 Å². The molecule has 0 bridgehead atoms. The van der Waals surface area contributed by atoms with Crippen LogP contribution in [-0.2, 0) is 14.2 Å². The number of aliphatic hydroxyl groups excluding tert-OH is 1. The van der Waals surface area contributed by atoms with Crippen LogP contribution in [0.4, 0.5) is 0 Å². The first-order chi connectivity index (χ1) is 12.2. The second kappa shape index (κ2) is 10.7. The summed E-state index contributed by atoms with van der Waals surface area (Å²) in [5, 5.41) is 9.95. The zero-order valence-electron chi connectivity index (χ0n) is 14.9. The molecule has 0 aromatic carbocycles. The number of aliphatic imine (C=N–C) groups is 1. The maximum absolute atomic E-state index is 9.95. The number of rotatable bonds is 9. The van der Waals surface area contributed by atoms with Crippen molar-refractivity contribution in [2.45, 2.75) is 31.5 Å². The molecule has 2 unspecified atom stereocenters. The maximum atomic E-state index is 9.95. The number of aliphatic hydroxyl groups is 1. The molecule has 5 heteroatoms. The SMILES string of the molecule is COC1=CC(OC)C=C(CC=NCC(O)COC2=CCCC=C2)C=C1. The molecule has 0 heterocycles. The van der Waals surface area contributed by atoms with Crippen LogP contribution in [-0.4, -0.2) is 50.9 Å². The Bertz CT molecular complexity index is 599. The van der Waals surface area contributed by atoms with Crippen molar-refractivity contribution < 1.29 is 19.3 Å². The predicted molar refractivity (Wildman–Crippen MR) is 99.5 cm³/mol. The highest BCUT2D eigenvalue weighted by Gasteiger charge is 2.08. The molecule has 0 amide bonds. The Hall–Kier alpha value is -2.11. The minimum atomic E-state index is -0.611. The molecule has 2 rings (SSSR count). The monoisotopic (exact) mass is 345 g/mol. The van der Waals surface area contributed by atoms with Crippen molar-refractivity contribution in [2.24, 2.45) is 4.99 Å². The highest BCUT2D eigenvalue weighted by molar-refractivity contribution is 5.63. The van der Waals surface area contributed by atoms with Gasteiger partial charge >= 0.3 is 0 Å². The third-order valence-electron chi connectivity index (χ3n) is 3.85. The summed E-state index contributed by atoms with van der Waals surface area (Å²) in [7, 11) is 3.30. The van der Waals surface area contributed by atoms with E-state index >= 15 is 0 Å². The zero-order chi connectivity index (χ0) is 17.9. The van der Waals surface area contributed by atoms with Crippen LogP contribution in [0.1, 0.15) is 19.3 Å². The molecular weight excluding hydrogens is 318 g/mol. The summed E-state index contributed by atoms with van der Waals surface area (Å²) in [5.74, 6) is 1.60. The number of nitrogens with zero attached hydrogens (tertiary/aromatic N) is 1. The average Bonchev–Trinajstić information content (AvgIpc) is 2.86. The Morgan fingerprint density at radius 3 is 2.80 bits per heavy atom. The summed E-state index contributed by atoms with van der Waals surface area (Å²) < 4.78 is 16.2. The summed E-state index contributed by atoms with van der Waals surface area (Å²) in [6.45, 7) is 0.576. The van der Waals surface area contributed by atoms with Crippen molar-refractivity contribution >= 4 is 6.21 Å². The summed E-state index contributed by atoms with van der Waals surface area (Å²) in [6, 6.07) is 0. The molecule has 5 nitrogen and oxygen atoms in total. The lowest BCUT2D eigenvalue weighted by molar-refractivity contribution is 0.0812. The Morgan fingerprint density at radius 1 is 1.20 bits per heavy atom. The smallest absolute Gasteiger partial charge is 0.117 e. The third kappa shape index (κ3) is 7.11. The average molecular weight is 345 g/mol. The standard InChI is InChI=1S/C20H27NO4/c1-23-19-9-8-16(12-20(13-19)24-2)10-11-21-14-17(22)15-25-18-6-4-3-5-7-18/h4,6-9,11-13,17,20,22H,3,5,10,14-15H2,1-2H3. The normalized spacial score (nSPS) is 21.4. The lowest BCUT2D eigenvalue weighted by atomic mass is 10.1. The van der Waals surface area contributed by atoms with E-state index in [4.69, 9.17) is 14.2 Å². The first kappa shape index (κ1) is 19.2. The zero-order valence-corrected chi connectivity index (χ0v) is 14.9. The van der Waals surface area contributed by atoms with Crippen LogP contribution in [0.3, 0.4) is 0 Å². The van der Waals surface area contributed by atoms with Gasteiger partial charge in [0.2, 0.25) is 0 Å². The van der Waals surface area contributed by atoms with E-state index < -0.39 is 6.10 Å². The molecule has 0 aromatic heterocycles. The second-order valence-electron chi connectivity index (χ2n) is 5.85. The Kier molecular flexibility index (Phi) is 8.22. The molecule has 0 aromatic rings. The molecule has 0 aliphatic heterocycles. The largest absolute Gasteiger partial charge is 0.497 e. The summed E-state index contributed by atoms with van der Waals surface area (Å²) in [5.41, 5.74) is 1.09. The van der Waals surface area contributed by atoms with E-state index in [1.165, 1.54) is 0 Å². The summed E-state index contributed by atoms with van der Waals surface area (Å²) >= 11 is 0. The molecule has 0 radical (unpaired) electrons. The van der Waals surface area contributed by atoms with Gasteiger partial charge in [-0.05, 0) is 48.8 Å². The molecule has 1 N–H and O–H groups in total. The van der Waals surface area contributed by atoms with Crippen molar-refractivity contribution in [3.63, 3.8) is 0 Å². The number of hydrogen-bond donors (Lipinski definition) is 1. The molecule has 0 saturated heterocycles. The van der Waals surface area contributed by atoms with Crippen LogP contribution < -0.4 is 0 Å². The highest BCUT2D eigenvalue weighted by atomic mass is 16.5. The molecule has 2 aliphatic rings. The van der Waals surface area contributed by atoms with Gasteiger partial charge in [-0.25, -0.2) is 0 Å². The first-order valence-corrected chi connectivity index (χ1v) is 8.54. The Labute approximate surface area is 149 Å². The second-order valence-corrected chi connectivity index (χ2v) is 5.85. The quantitative estimate of drug-likeness (QED) is 0.652. The maximum Gasteiger partial charge on any atom is 0.117 e. The number of hydrogen-bond acceptors (Lipinski definition) is 5. The highest BCUT2D eigenvalue weighted by Crippen LogP contribution is 2.15. The fraction of sp³-hybridized carbons (Fsp3) is 0.450. The van der Waals surface area contributed by atoms with Gasteiger partial charge in [0, 0.05) is 19.7 Å². The molecular formula is C20H27NO4. The fourth-order valence-electron chi connectivity index (χ4n) is 2.44.